The maximum atomic E-state index is 11.3. The predicted molar refractivity (Wildman–Crippen MR) is 60.7 cm³/mol. The van der Waals surface area contributed by atoms with Crippen molar-refractivity contribution in [1.29, 1.82) is 0 Å². The zero-order valence-corrected chi connectivity index (χ0v) is 9.19. The fourth-order valence-corrected chi connectivity index (χ4v) is 1.11. The molecule has 1 aromatic carbocycles. The SMILES string of the molecule is CC(=O)NCC(=O)Nc1ccc(C(=O)O)cc1. The maximum Gasteiger partial charge on any atom is 0.335 e. The highest BCUT2D eigenvalue weighted by atomic mass is 16.4. The number of nitrogens with one attached hydrogen (secondary N) is 2. The Kier molecular flexibility index (Phi) is 4.21. The zero-order valence-electron chi connectivity index (χ0n) is 9.19. The second-order valence-corrected chi connectivity index (χ2v) is 3.34. The van der Waals surface area contributed by atoms with E-state index in [4.69, 9.17) is 5.11 Å². The largest absolute Gasteiger partial charge is 0.478 e. The Labute approximate surface area is 97.6 Å². The maximum absolute atomic E-state index is 11.3. The molecule has 90 valence electrons. The smallest absolute Gasteiger partial charge is 0.335 e. The van der Waals surface area contributed by atoms with E-state index >= 15 is 0 Å². The molecule has 6 heteroatoms. The van der Waals surface area contributed by atoms with E-state index in [1.807, 2.05) is 0 Å². The van der Waals surface area contributed by atoms with Gasteiger partial charge in [-0.15, -0.1) is 0 Å². The van der Waals surface area contributed by atoms with Crippen LogP contribution in [-0.2, 0) is 9.59 Å². The fraction of sp³-hybridized carbons (Fsp3) is 0.182. The van der Waals surface area contributed by atoms with E-state index in [-0.39, 0.29) is 23.9 Å². The lowest BCUT2D eigenvalue weighted by Gasteiger charge is -2.05. The van der Waals surface area contributed by atoms with Crippen LogP contribution in [-0.4, -0.2) is 29.4 Å². The molecule has 2 amide bonds. The van der Waals surface area contributed by atoms with Gasteiger partial charge >= 0.3 is 5.97 Å². The van der Waals surface area contributed by atoms with Crippen molar-refractivity contribution in [2.45, 2.75) is 6.92 Å². The first kappa shape index (κ1) is 12.7. The Morgan fingerprint density at radius 3 is 2.24 bits per heavy atom. The fourth-order valence-electron chi connectivity index (χ4n) is 1.11. The van der Waals surface area contributed by atoms with Gasteiger partial charge < -0.3 is 15.7 Å². The molecule has 0 aliphatic heterocycles. The summed E-state index contributed by atoms with van der Waals surface area (Å²) in [4.78, 5) is 32.4. The van der Waals surface area contributed by atoms with Gasteiger partial charge in [-0.05, 0) is 24.3 Å². The second-order valence-electron chi connectivity index (χ2n) is 3.34. The predicted octanol–water partition coefficient (Wildman–Crippen LogP) is 0.459. The molecular formula is C11H12N2O4. The lowest BCUT2D eigenvalue weighted by molar-refractivity contribution is -0.122. The van der Waals surface area contributed by atoms with E-state index in [0.29, 0.717) is 5.69 Å². The van der Waals surface area contributed by atoms with E-state index in [1.54, 1.807) is 0 Å². The summed E-state index contributed by atoms with van der Waals surface area (Å²) in [6.07, 6.45) is 0. The van der Waals surface area contributed by atoms with Crippen LogP contribution in [0.2, 0.25) is 0 Å². The van der Waals surface area contributed by atoms with Crippen molar-refractivity contribution >= 4 is 23.5 Å². The summed E-state index contributed by atoms with van der Waals surface area (Å²) in [5.41, 5.74) is 0.621. The van der Waals surface area contributed by atoms with Crippen LogP contribution < -0.4 is 10.6 Å². The van der Waals surface area contributed by atoms with Gasteiger partial charge in [-0.2, -0.15) is 0 Å². The highest BCUT2D eigenvalue weighted by Crippen LogP contribution is 2.09. The van der Waals surface area contributed by atoms with Crippen molar-refractivity contribution in [1.82, 2.24) is 5.32 Å². The van der Waals surface area contributed by atoms with Crippen LogP contribution in [0.3, 0.4) is 0 Å². The lowest BCUT2D eigenvalue weighted by atomic mass is 10.2. The van der Waals surface area contributed by atoms with Crippen molar-refractivity contribution < 1.29 is 19.5 Å². The summed E-state index contributed by atoms with van der Waals surface area (Å²) >= 11 is 0. The number of carboxylic acid groups (broad SMARTS) is 1. The molecule has 3 N–H and O–H groups in total. The van der Waals surface area contributed by atoms with Crippen LogP contribution in [0.25, 0.3) is 0 Å². The Morgan fingerprint density at radius 2 is 1.76 bits per heavy atom. The third-order valence-corrected chi connectivity index (χ3v) is 1.91. The quantitative estimate of drug-likeness (QED) is 0.707. The molecular weight excluding hydrogens is 224 g/mol. The molecule has 1 rings (SSSR count). The molecule has 1 aromatic rings. The highest BCUT2D eigenvalue weighted by Gasteiger charge is 2.05. The van der Waals surface area contributed by atoms with E-state index in [0.717, 1.165) is 0 Å². The number of hydrogen-bond acceptors (Lipinski definition) is 3. The third kappa shape index (κ3) is 4.33. The number of carbonyl (C=O) groups excluding carboxylic acids is 2. The van der Waals surface area contributed by atoms with E-state index in [1.165, 1.54) is 31.2 Å². The number of amides is 2. The van der Waals surface area contributed by atoms with E-state index in [2.05, 4.69) is 10.6 Å². The summed E-state index contributed by atoms with van der Waals surface area (Å²) in [6, 6.07) is 5.73. The summed E-state index contributed by atoms with van der Waals surface area (Å²) in [5, 5.41) is 13.5. The van der Waals surface area contributed by atoms with Crippen LogP contribution >= 0.6 is 0 Å². The number of benzene rings is 1. The molecule has 0 radical (unpaired) electrons. The molecule has 6 nitrogen and oxygen atoms in total. The Bertz CT molecular complexity index is 439. The Balaban J connectivity index is 2.54. The van der Waals surface area contributed by atoms with Crippen LogP contribution in [0.15, 0.2) is 24.3 Å². The second kappa shape index (κ2) is 5.64. The van der Waals surface area contributed by atoms with Crippen molar-refractivity contribution in [3.63, 3.8) is 0 Å². The molecule has 0 heterocycles. The molecule has 0 unspecified atom stereocenters. The van der Waals surface area contributed by atoms with Crippen molar-refractivity contribution in [2.75, 3.05) is 11.9 Å². The van der Waals surface area contributed by atoms with Crippen LogP contribution in [0.4, 0.5) is 5.69 Å². The van der Waals surface area contributed by atoms with Gasteiger partial charge in [-0.3, -0.25) is 9.59 Å². The summed E-state index contributed by atoms with van der Waals surface area (Å²) < 4.78 is 0. The van der Waals surface area contributed by atoms with Crippen molar-refractivity contribution in [3.8, 4) is 0 Å². The van der Waals surface area contributed by atoms with Crippen molar-refractivity contribution in [2.24, 2.45) is 0 Å². The summed E-state index contributed by atoms with van der Waals surface area (Å²) in [6.45, 7) is 1.20. The minimum absolute atomic E-state index is 0.115. The van der Waals surface area contributed by atoms with Gasteiger partial charge in [0.2, 0.25) is 11.8 Å². The van der Waals surface area contributed by atoms with E-state index < -0.39 is 5.97 Å². The first-order chi connectivity index (χ1) is 7.99. The number of carboxylic acids is 1. The molecule has 0 saturated heterocycles. The van der Waals surface area contributed by atoms with Gasteiger partial charge in [0.1, 0.15) is 0 Å². The average molecular weight is 236 g/mol. The van der Waals surface area contributed by atoms with E-state index in [9.17, 15) is 14.4 Å². The van der Waals surface area contributed by atoms with Gasteiger partial charge in [0.15, 0.2) is 0 Å². The summed E-state index contributed by atoms with van der Waals surface area (Å²) in [5.74, 6) is -1.69. The van der Waals surface area contributed by atoms with Gasteiger partial charge in [-0.1, -0.05) is 0 Å². The number of carbonyl (C=O) groups is 3. The Hall–Kier alpha value is -2.37. The monoisotopic (exact) mass is 236 g/mol. The third-order valence-electron chi connectivity index (χ3n) is 1.91. The van der Waals surface area contributed by atoms with Gasteiger partial charge in [0.05, 0.1) is 12.1 Å². The summed E-state index contributed by atoms with van der Waals surface area (Å²) in [7, 11) is 0. The highest BCUT2D eigenvalue weighted by molar-refractivity contribution is 5.95. The normalized spacial score (nSPS) is 9.47. The molecule has 0 spiro atoms. The number of rotatable bonds is 4. The molecule has 0 fully saturated rings. The van der Waals surface area contributed by atoms with Gasteiger partial charge in [0.25, 0.3) is 0 Å². The first-order valence-corrected chi connectivity index (χ1v) is 4.86. The standard InChI is InChI=1S/C11H12N2O4/c1-7(14)12-6-10(15)13-9-4-2-8(3-5-9)11(16)17/h2-5H,6H2,1H3,(H,12,14)(H,13,15)(H,16,17). The molecule has 0 aliphatic carbocycles. The molecule has 0 atom stereocenters. The van der Waals surface area contributed by atoms with Crippen LogP contribution in [0.1, 0.15) is 17.3 Å². The lowest BCUT2D eigenvalue weighted by Crippen LogP contribution is -2.31. The Morgan fingerprint density at radius 1 is 1.18 bits per heavy atom. The first-order valence-electron chi connectivity index (χ1n) is 4.86. The number of hydrogen-bond donors (Lipinski definition) is 3. The number of anilines is 1. The topological polar surface area (TPSA) is 95.5 Å². The van der Waals surface area contributed by atoms with Crippen LogP contribution in [0.5, 0.6) is 0 Å². The minimum atomic E-state index is -1.03. The molecule has 0 aliphatic rings. The molecule has 0 aromatic heterocycles. The molecule has 0 bridgehead atoms. The minimum Gasteiger partial charge on any atom is -0.478 e. The van der Waals surface area contributed by atoms with Crippen molar-refractivity contribution in [3.05, 3.63) is 29.8 Å². The van der Waals surface area contributed by atoms with Crippen LogP contribution in [0, 0.1) is 0 Å². The average Bonchev–Trinajstić information content (AvgIpc) is 2.27. The van der Waals surface area contributed by atoms with Gasteiger partial charge in [-0.25, -0.2) is 4.79 Å². The zero-order chi connectivity index (χ0) is 12.8. The number of aromatic carboxylic acids is 1. The molecule has 17 heavy (non-hydrogen) atoms. The van der Waals surface area contributed by atoms with Gasteiger partial charge in [0, 0.05) is 12.6 Å². The molecule has 0 saturated carbocycles.